The van der Waals surface area contributed by atoms with Crippen LogP contribution in [0.2, 0.25) is 0 Å². The largest absolute Gasteiger partial charge is 0.490 e. The van der Waals surface area contributed by atoms with Gasteiger partial charge in [0.15, 0.2) is 11.5 Å². The lowest BCUT2D eigenvalue weighted by Crippen LogP contribution is -2.06. The number of ether oxygens (including phenoxy) is 2. The number of rotatable bonds is 4. The third kappa shape index (κ3) is 2.91. The molecule has 0 saturated carbocycles. The highest BCUT2D eigenvalue weighted by Gasteiger charge is 2.22. The van der Waals surface area contributed by atoms with Gasteiger partial charge in [-0.05, 0) is 23.5 Å². The summed E-state index contributed by atoms with van der Waals surface area (Å²) < 4.78 is 11.6. The number of aldehydes is 1. The van der Waals surface area contributed by atoms with Crippen molar-refractivity contribution in [2.45, 2.75) is 45.4 Å². The maximum Gasteiger partial charge on any atom is 0.164 e. The predicted octanol–water partition coefficient (Wildman–Crippen LogP) is 3.66. The lowest BCUT2D eigenvalue weighted by Gasteiger charge is -2.22. The molecule has 0 aliphatic carbocycles. The van der Waals surface area contributed by atoms with Crippen LogP contribution in [0.25, 0.3) is 0 Å². The van der Waals surface area contributed by atoms with E-state index in [1.165, 1.54) is 11.1 Å². The van der Waals surface area contributed by atoms with Crippen molar-refractivity contribution < 1.29 is 14.3 Å². The molecule has 1 aromatic carbocycles. The molecule has 3 nitrogen and oxygen atoms in total. The average Bonchev–Trinajstić information content (AvgIpc) is 2.62. The molecule has 19 heavy (non-hydrogen) atoms. The maximum absolute atomic E-state index is 10.8. The molecule has 0 fully saturated rings. The van der Waals surface area contributed by atoms with Gasteiger partial charge in [-0.3, -0.25) is 0 Å². The second kappa shape index (κ2) is 6.09. The standard InChI is InChI=1S/C16H22O3/c1-11(2)15-13(12(3)7-8-17)5-6-14-16(15)19-10-4-9-18-14/h5-6,8,11-12H,4,7,9-10H2,1-3H3. The first-order valence-corrected chi connectivity index (χ1v) is 7.01. The molecule has 0 amide bonds. The van der Waals surface area contributed by atoms with Gasteiger partial charge in [-0.25, -0.2) is 0 Å². The minimum Gasteiger partial charge on any atom is -0.490 e. The number of carbonyl (C=O) groups is 1. The summed E-state index contributed by atoms with van der Waals surface area (Å²) in [6.07, 6.45) is 2.43. The minimum atomic E-state index is 0.215. The summed E-state index contributed by atoms with van der Waals surface area (Å²) >= 11 is 0. The van der Waals surface area contributed by atoms with E-state index in [2.05, 4.69) is 26.8 Å². The Hall–Kier alpha value is -1.51. The van der Waals surface area contributed by atoms with Crippen molar-refractivity contribution in [3.63, 3.8) is 0 Å². The summed E-state index contributed by atoms with van der Waals surface area (Å²) in [5.41, 5.74) is 2.39. The zero-order valence-corrected chi connectivity index (χ0v) is 11.9. The Kier molecular flexibility index (Phi) is 4.46. The topological polar surface area (TPSA) is 35.5 Å². The Bertz CT molecular complexity index is 452. The fraction of sp³-hybridized carbons (Fsp3) is 0.562. The van der Waals surface area contributed by atoms with Gasteiger partial charge in [-0.2, -0.15) is 0 Å². The normalized spacial score (nSPS) is 16.0. The Morgan fingerprint density at radius 2 is 1.95 bits per heavy atom. The molecule has 0 aromatic heterocycles. The predicted molar refractivity (Wildman–Crippen MR) is 75.2 cm³/mol. The van der Waals surface area contributed by atoms with E-state index in [9.17, 15) is 4.79 Å². The van der Waals surface area contributed by atoms with Crippen LogP contribution in [0.1, 0.15) is 56.6 Å². The lowest BCUT2D eigenvalue weighted by atomic mass is 9.87. The molecule has 0 spiro atoms. The highest BCUT2D eigenvalue weighted by Crippen LogP contribution is 2.42. The van der Waals surface area contributed by atoms with Crippen LogP contribution >= 0.6 is 0 Å². The second-order valence-electron chi connectivity index (χ2n) is 5.40. The van der Waals surface area contributed by atoms with Gasteiger partial charge in [0.25, 0.3) is 0 Å². The van der Waals surface area contributed by atoms with Crippen LogP contribution < -0.4 is 9.47 Å². The average molecular weight is 262 g/mol. The van der Waals surface area contributed by atoms with Crippen molar-refractivity contribution >= 4 is 6.29 Å². The van der Waals surface area contributed by atoms with Gasteiger partial charge in [-0.1, -0.05) is 26.8 Å². The summed E-state index contributed by atoms with van der Waals surface area (Å²) in [5, 5.41) is 0. The quantitative estimate of drug-likeness (QED) is 0.777. The molecule has 1 heterocycles. The lowest BCUT2D eigenvalue weighted by molar-refractivity contribution is -0.108. The van der Waals surface area contributed by atoms with E-state index < -0.39 is 0 Å². The number of benzene rings is 1. The van der Waals surface area contributed by atoms with Gasteiger partial charge in [0.2, 0.25) is 0 Å². The molecular formula is C16H22O3. The van der Waals surface area contributed by atoms with Crippen LogP contribution in [0.15, 0.2) is 12.1 Å². The summed E-state index contributed by atoms with van der Waals surface area (Å²) in [5.74, 6) is 2.28. The van der Waals surface area contributed by atoms with E-state index in [1.807, 2.05) is 6.07 Å². The zero-order valence-electron chi connectivity index (χ0n) is 11.9. The molecule has 0 radical (unpaired) electrons. The van der Waals surface area contributed by atoms with E-state index in [-0.39, 0.29) is 5.92 Å². The zero-order chi connectivity index (χ0) is 13.8. The molecule has 1 aliphatic heterocycles. The molecule has 1 atom stereocenters. The SMILES string of the molecule is CC(C)c1c(C(C)CC=O)ccc2c1OCCCO2. The van der Waals surface area contributed by atoms with E-state index in [1.54, 1.807) is 0 Å². The van der Waals surface area contributed by atoms with Crippen LogP contribution in [0, 0.1) is 0 Å². The van der Waals surface area contributed by atoms with Gasteiger partial charge < -0.3 is 14.3 Å². The van der Waals surface area contributed by atoms with Gasteiger partial charge in [0, 0.05) is 18.4 Å². The maximum atomic E-state index is 10.8. The van der Waals surface area contributed by atoms with Crippen molar-refractivity contribution in [3.05, 3.63) is 23.3 Å². The molecule has 0 saturated heterocycles. The number of hydrogen-bond acceptors (Lipinski definition) is 3. The summed E-state index contributed by atoms with van der Waals surface area (Å²) in [6.45, 7) is 7.79. The van der Waals surface area contributed by atoms with Gasteiger partial charge in [0.05, 0.1) is 13.2 Å². The first kappa shape index (κ1) is 13.9. The molecule has 0 bridgehead atoms. The fourth-order valence-electron chi connectivity index (χ4n) is 2.57. The van der Waals surface area contributed by atoms with Crippen LogP contribution in [-0.4, -0.2) is 19.5 Å². The van der Waals surface area contributed by atoms with Crippen molar-refractivity contribution in [3.8, 4) is 11.5 Å². The number of fused-ring (bicyclic) bond motifs is 1. The highest BCUT2D eigenvalue weighted by molar-refractivity contribution is 5.57. The molecule has 1 aliphatic rings. The van der Waals surface area contributed by atoms with Crippen molar-refractivity contribution in [2.75, 3.05) is 13.2 Å². The van der Waals surface area contributed by atoms with E-state index in [4.69, 9.17) is 9.47 Å². The summed E-state index contributed by atoms with van der Waals surface area (Å²) in [7, 11) is 0. The van der Waals surface area contributed by atoms with E-state index in [0.717, 1.165) is 24.2 Å². The van der Waals surface area contributed by atoms with Crippen molar-refractivity contribution in [2.24, 2.45) is 0 Å². The minimum absolute atomic E-state index is 0.215. The molecular weight excluding hydrogens is 240 g/mol. The monoisotopic (exact) mass is 262 g/mol. The molecule has 104 valence electrons. The summed E-state index contributed by atoms with van der Waals surface area (Å²) in [6, 6.07) is 4.06. The van der Waals surface area contributed by atoms with Crippen LogP contribution in [0.5, 0.6) is 11.5 Å². The van der Waals surface area contributed by atoms with Gasteiger partial charge in [0.1, 0.15) is 6.29 Å². The second-order valence-corrected chi connectivity index (χ2v) is 5.40. The Labute approximate surface area is 114 Å². The third-order valence-electron chi connectivity index (χ3n) is 3.54. The molecule has 2 rings (SSSR count). The molecule has 1 aromatic rings. The Balaban J connectivity index is 2.50. The number of hydrogen-bond donors (Lipinski definition) is 0. The van der Waals surface area contributed by atoms with Crippen molar-refractivity contribution in [1.29, 1.82) is 0 Å². The Morgan fingerprint density at radius 3 is 2.63 bits per heavy atom. The Morgan fingerprint density at radius 1 is 1.21 bits per heavy atom. The van der Waals surface area contributed by atoms with Crippen molar-refractivity contribution in [1.82, 2.24) is 0 Å². The third-order valence-corrected chi connectivity index (χ3v) is 3.54. The summed E-state index contributed by atoms with van der Waals surface area (Å²) in [4.78, 5) is 10.8. The molecule has 0 N–H and O–H groups in total. The van der Waals surface area contributed by atoms with Crippen LogP contribution in [0.3, 0.4) is 0 Å². The van der Waals surface area contributed by atoms with E-state index >= 15 is 0 Å². The number of carbonyl (C=O) groups excluding carboxylic acids is 1. The van der Waals surface area contributed by atoms with Gasteiger partial charge in [-0.15, -0.1) is 0 Å². The van der Waals surface area contributed by atoms with Crippen LogP contribution in [0.4, 0.5) is 0 Å². The fourth-order valence-corrected chi connectivity index (χ4v) is 2.57. The van der Waals surface area contributed by atoms with E-state index in [0.29, 0.717) is 25.6 Å². The molecule has 3 heteroatoms. The highest BCUT2D eigenvalue weighted by atomic mass is 16.5. The smallest absolute Gasteiger partial charge is 0.164 e. The first-order valence-electron chi connectivity index (χ1n) is 7.01. The first-order chi connectivity index (χ1) is 9.15. The van der Waals surface area contributed by atoms with Gasteiger partial charge >= 0.3 is 0 Å². The van der Waals surface area contributed by atoms with Crippen LogP contribution in [-0.2, 0) is 4.79 Å². The molecule has 1 unspecified atom stereocenters.